The fourth-order valence-electron chi connectivity index (χ4n) is 1.43. The van der Waals surface area contributed by atoms with Crippen molar-refractivity contribution in [3.8, 4) is 5.75 Å². The molecule has 0 aliphatic rings. The van der Waals surface area contributed by atoms with Gasteiger partial charge in [0.05, 0.1) is 38.6 Å². The third-order valence-electron chi connectivity index (χ3n) is 2.51. The highest BCUT2D eigenvalue weighted by Crippen LogP contribution is 2.09. The van der Waals surface area contributed by atoms with Crippen LogP contribution in [0.1, 0.15) is 0 Å². The molecule has 6 heteroatoms. The lowest BCUT2D eigenvalue weighted by Gasteiger charge is -2.09. The Hall–Kier alpha value is -1.89. The Bertz CT molecular complexity index is 432. The number of rotatable bonds is 12. The number of carbonyl (C=O) groups is 1. The number of benzene rings is 1. The number of aliphatic hydroxyl groups is 1. The molecule has 122 valence electrons. The highest BCUT2D eigenvalue weighted by molar-refractivity contribution is 5.88. The molecule has 0 aliphatic heterocycles. The van der Waals surface area contributed by atoms with E-state index in [2.05, 4.69) is 6.58 Å². The first-order valence-electron chi connectivity index (χ1n) is 7.03. The quantitative estimate of drug-likeness (QED) is 0.355. The Morgan fingerprint density at radius 3 is 2.32 bits per heavy atom. The molecule has 22 heavy (non-hydrogen) atoms. The highest BCUT2D eigenvalue weighted by atomic mass is 16.6. The largest absolute Gasteiger partial charge is 0.489 e. The number of aliphatic hydroxyl groups excluding tert-OH is 1. The smallest absolute Gasteiger partial charge is 0.336 e. The summed E-state index contributed by atoms with van der Waals surface area (Å²) in [6, 6.07) is 9.16. The number of esters is 1. The maximum absolute atomic E-state index is 11.6. The Morgan fingerprint density at radius 2 is 1.64 bits per heavy atom. The molecule has 1 aromatic carbocycles. The fourth-order valence-corrected chi connectivity index (χ4v) is 1.43. The first-order chi connectivity index (χ1) is 10.7. The Morgan fingerprint density at radius 1 is 1.00 bits per heavy atom. The average Bonchev–Trinajstić information content (AvgIpc) is 2.55. The molecule has 0 radical (unpaired) electrons. The zero-order valence-corrected chi connectivity index (χ0v) is 12.5. The summed E-state index contributed by atoms with van der Waals surface area (Å²) in [5.41, 5.74) is 0.245. The van der Waals surface area contributed by atoms with Crippen LogP contribution >= 0.6 is 0 Å². The van der Waals surface area contributed by atoms with E-state index in [1.165, 1.54) is 0 Å². The second kappa shape index (κ2) is 11.7. The third-order valence-corrected chi connectivity index (χ3v) is 2.51. The Balaban J connectivity index is 2.03. The molecule has 0 amide bonds. The van der Waals surface area contributed by atoms with Crippen molar-refractivity contribution < 1.29 is 28.8 Å². The molecule has 0 aromatic heterocycles. The van der Waals surface area contributed by atoms with E-state index < -0.39 is 5.97 Å². The van der Waals surface area contributed by atoms with Crippen molar-refractivity contribution in [2.75, 3.05) is 46.2 Å². The average molecular weight is 310 g/mol. The molecule has 0 heterocycles. The number of carbonyl (C=O) groups excluding carboxylic acids is 1. The summed E-state index contributed by atoms with van der Waals surface area (Å²) in [5.74, 6) is 0.165. The molecule has 0 atom stereocenters. The van der Waals surface area contributed by atoms with Crippen LogP contribution in [0.3, 0.4) is 0 Å². The number of hydrogen-bond acceptors (Lipinski definition) is 6. The summed E-state index contributed by atoms with van der Waals surface area (Å²) < 4.78 is 20.6. The minimum absolute atomic E-state index is 0.00915. The second-order valence-electron chi connectivity index (χ2n) is 4.29. The molecule has 0 spiro atoms. The first kappa shape index (κ1) is 18.2. The molecular formula is C16H22O6. The second-order valence-corrected chi connectivity index (χ2v) is 4.29. The zero-order chi connectivity index (χ0) is 16.0. The summed E-state index contributed by atoms with van der Waals surface area (Å²) in [4.78, 5) is 11.6. The van der Waals surface area contributed by atoms with Crippen LogP contribution in [0.5, 0.6) is 5.75 Å². The topological polar surface area (TPSA) is 74.2 Å². The lowest BCUT2D eigenvalue weighted by molar-refractivity contribution is -0.141. The van der Waals surface area contributed by atoms with Crippen LogP contribution in [-0.4, -0.2) is 57.3 Å². The van der Waals surface area contributed by atoms with Crippen LogP contribution in [0.4, 0.5) is 0 Å². The number of ether oxygens (including phenoxy) is 4. The van der Waals surface area contributed by atoms with Crippen molar-refractivity contribution >= 4 is 5.97 Å². The summed E-state index contributed by atoms with van der Waals surface area (Å²) in [6.45, 7) is 5.20. The van der Waals surface area contributed by atoms with E-state index in [0.29, 0.717) is 25.6 Å². The van der Waals surface area contributed by atoms with Gasteiger partial charge in [0.2, 0.25) is 0 Å². The normalized spacial score (nSPS) is 10.2. The molecule has 0 unspecified atom stereocenters. The van der Waals surface area contributed by atoms with Crippen molar-refractivity contribution in [3.63, 3.8) is 0 Å². The maximum Gasteiger partial charge on any atom is 0.336 e. The minimum atomic E-state index is -0.504. The van der Waals surface area contributed by atoms with Gasteiger partial charge in [0.1, 0.15) is 19.0 Å². The predicted molar refractivity (Wildman–Crippen MR) is 80.8 cm³/mol. The van der Waals surface area contributed by atoms with E-state index in [1.54, 1.807) is 12.1 Å². The first-order valence-corrected chi connectivity index (χ1v) is 7.03. The van der Waals surface area contributed by atoms with Gasteiger partial charge in [-0.2, -0.15) is 0 Å². The highest BCUT2D eigenvalue weighted by Gasteiger charge is 2.09. The summed E-state index contributed by atoms with van der Waals surface area (Å²) in [6.07, 6.45) is 0. The van der Waals surface area contributed by atoms with Gasteiger partial charge in [-0.05, 0) is 12.1 Å². The van der Waals surface area contributed by atoms with Gasteiger partial charge in [-0.25, -0.2) is 4.79 Å². The Labute approximate surface area is 130 Å². The summed E-state index contributed by atoms with van der Waals surface area (Å²) in [5, 5.41) is 8.49. The summed E-state index contributed by atoms with van der Waals surface area (Å²) in [7, 11) is 0. The molecule has 0 aliphatic carbocycles. The van der Waals surface area contributed by atoms with Crippen molar-refractivity contribution in [2.45, 2.75) is 0 Å². The molecule has 0 saturated carbocycles. The molecule has 0 bridgehead atoms. The standard InChI is InChI=1S/C16H22O6/c1-14(13-22-15-5-3-2-4-6-15)16(18)21-12-11-20-10-9-19-8-7-17/h2-6,17H,1,7-13H2. The van der Waals surface area contributed by atoms with Gasteiger partial charge < -0.3 is 24.1 Å². The van der Waals surface area contributed by atoms with E-state index in [-0.39, 0.29) is 32.0 Å². The lowest BCUT2D eigenvalue weighted by atomic mass is 10.3. The molecule has 1 aromatic rings. The number of para-hydroxylation sites is 1. The minimum Gasteiger partial charge on any atom is -0.489 e. The molecule has 1 rings (SSSR count). The van der Waals surface area contributed by atoms with Crippen molar-refractivity contribution in [2.24, 2.45) is 0 Å². The van der Waals surface area contributed by atoms with Crippen LogP contribution in [-0.2, 0) is 19.0 Å². The fraction of sp³-hybridized carbons (Fsp3) is 0.438. The Kier molecular flexibility index (Phi) is 9.69. The molecule has 6 nitrogen and oxygen atoms in total. The molecule has 1 N–H and O–H groups in total. The molecule has 0 fully saturated rings. The van der Waals surface area contributed by atoms with Gasteiger partial charge >= 0.3 is 5.97 Å². The van der Waals surface area contributed by atoms with Crippen LogP contribution in [0.2, 0.25) is 0 Å². The van der Waals surface area contributed by atoms with Crippen LogP contribution in [0.15, 0.2) is 42.5 Å². The van der Waals surface area contributed by atoms with Gasteiger partial charge in [-0.1, -0.05) is 24.8 Å². The van der Waals surface area contributed by atoms with Gasteiger partial charge in [0, 0.05) is 0 Å². The van der Waals surface area contributed by atoms with Gasteiger partial charge in [0.25, 0.3) is 0 Å². The van der Waals surface area contributed by atoms with E-state index in [0.717, 1.165) is 0 Å². The van der Waals surface area contributed by atoms with Gasteiger partial charge in [-0.15, -0.1) is 0 Å². The number of hydrogen-bond donors (Lipinski definition) is 1. The summed E-state index contributed by atoms with van der Waals surface area (Å²) >= 11 is 0. The van der Waals surface area contributed by atoms with Gasteiger partial charge in [-0.3, -0.25) is 0 Å². The van der Waals surface area contributed by atoms with E-state index in [4.69, 9.17) is 24.1 Å². The van der Waals surface area contributed by atoms with Crippen LogP contribution in [0.25, 0.3) is 0 Å². The SMILES string of the molecule is C=C(COc1ccccc1)C(=O)OCCOCCOCCO. The van der Waals surface area contributed by atoms with Crippen molar-refractivity contribution in [1.82, 2.24) is 0 Å². The third kappa shape index (κ3) is 8.41. The van der Waals surface area contributed by atoms with E-state index in [9.17, 15) is 4.79 Å². The van der Waals surface area contributed by atoms with Crippen molar-refractivity contribution in [1.29, 1.82) is 0 Å². The maximum atomic E-state index is 11.6. The molecule has 0 saturated heterocycles. The predicted octanol–water partition coefficient (Wildman–Crippen LogP) is 1.19. The monoisotopic (exact) mass is 310 g/mol. The zero-order valence-electron chi connectivity index (χ0n) is 12.5. The van der Waals surface area contributed by atoms with E-state index in [1.807, 2.05) is 18.2 Å². The molecular weight excluding hydrogens is 288 g/mol. The van der Waals surface area contributed by atoms with Crippen molar-refractivity contribution in [3.05, 3.63) is 42.5 Å². The van der Waals surface area contributed by atoms with E-state index >= 15 is 0 Å². The van der Waals surface area contributed by atoms with Crippen LogP contribution < -0.4 is 4.74 Å². The van der Waals surface area contributed by atoms with Gasteiger partial charge in [0.15, 0.2) is 0 Å². The lowest BCUT2D eigenvalue weighted by Crippen LogP contribution is -2.17. The van der Waals surface area contributed by atoms with Crippen LogP contribution in [0, 0.1) is 0 Å².